The number of thioether (sulfide) groups is 1. The summed E-state index contributed by atoms with van der Waals surface area (Å²) in [6.07, 6.45) is 6.26. The maximum atomic E-state index is 12.1. The molecule has 1 N–H and O–H groups in total. The summed E-state index contributed by atoms with van der Waals surface area (Å²) in [5.41, 5.74) is 1.54. The lowest BCUT2D eigenvalue weighted by molar-refractivity contribution is 0.0950. The third-order valence-corrected chi connectivity index (χ3v) is 4.51. The first kappa shape index (κ1) is 14.8. The Bertz CT molecular complexity index is 613. The molecule has 2 aromatic heterocycles. The van der Waals surface area contributed by atoms with E-state index in [1.165, 1.54) is 0 Å². The molecule has 0 radical (unpaired) electrons. The molecule has 1 amide bonds. The van der Waals surface area contributed by atoms with Gasteiger partial charge in [-0.2, -0.15) is 11.8 Å². The molecule has 1 unspecified atom stereocenters. The lowest BCUT2D eigenvalue weighted by Crippen LogP contribution is -2.23. The SMILES string of the molecule is O=C(NCc1ccncc1)c1ccc(OC2CCSC2)nc1. The zero-order chi connectivity index (χ0) is 15.2. The van der Waals surface area contributed by atoms with E-state index in [1.807, 2.05) is 23.9 Å². The Balaban J connectivity index is 1.54. The Morgan fingerprint density at radius 3 is 2.86 bits per heavy atom. The van der Waals surface area contributed by atoms with Crippen molar-refractivity contribution < 1.29 is 9.53 Å². The predicted molar refractivity (Wildman–Crippen MR) is 86.0 cm³/mol. The zero-order valence-corrected chi connectivity index (χ0v) is 12.9. The highest BCUT2D eigenvalue weighted by atomic mass is 32.2. The molecule has 3 rings (SSSR count). The molecular weight excluding hydrogens is 298 g/mol. The van der Waals surface area contributed by atoms with E-state index in [0.717, 1.165) is 23.5 Å². The Labute approximate surface area is 133 Å². The van der Waals surface area contributed by atoms with Crippen LogP contribution in [0.3, 0.4) is 0 Å². The first-order chi connectivity index (χ1) is 10.8. The molecule has 3 heterocycles. The zero-order valence-electron chi connectivity index (χ0n) is 12.1. The molecule has 0 spiro atoms. The largest absolute Gasteiger partial charge is 0.473 e. The van der Waals surface area contributed by atoms with E-state index in [1.54, 1.807) is 30.7 Å². The molecule has 2 aromatic rings. The van der Waals surface area contributed by atoms with Crippen LogP contribution in [-0.4, -0.2) is 33.5 Å². The minimum absolute atomic E-state index is 0.146. The van der Waals surface area contributed by atoms with Crippen LogP contribution in [0.4, 0.5) is 0 Å². The Hall–Kier alpha value is -2.08. The minimum Gasteiger partial charge on any atom is -0.473 e. The maximum absolute atomic E-state index is 12.1. The highest BCUT2D eigenvalue weighted by molar-refractivity contribution is 7.99. The molecule has 1 aliphatic heterocycles. The Morgan fingerprint density at radius 1 is 1.32 bits per heavy atom. The van der Waals surface area contributed by atoms with Crippen molar-refractivity contribution >= 4 is 17.7 Å². The van der Waals surface area contributed by atoms with E-state index >= 15 is 0 Å². The molecular formula is C16H17N3O2S. The molecule has 114 valence electrons. The van der Waals surface area contributed by atoms with Gasteiger partial charge in [0.15, 0.2) is 0 Å². The van der Waals surface area contributed by atoms with Crippen LogP contribution >= 0.6 is 11.8 Å². The maximum Gasteiger partial charge on any atom is 0.253 e. The number of rotatable bonds is 5. The molecule has 1 fully saturated rings. The van der Waals surface area contributed by atoms with Gasteiger partial charge in [-0.1, -0.05) is 0 Å². The summed E-state index contributed by atoms with van der Waals surface area (Å²) in [6.45, 7) is 0.471. The summed E-state index contributed by atoms with van der Waals surface area (Å²) >= 11 is 1.89. The number of aromatic nitrogens is 2. The van der Waals surface area contributed by atoms with Gasteiger partial charge in [-0.3, -0.25) is 9.78 Å². The van der Waals surface area contributed by atoms with Crippen molar-refractivity contribution in [3.8, 4) is 5.88 Å². The van der Waals surface area contributed by atoms with Crippen LogP contribution in [0.2, 0.25) is 0 Å². The van der Waals surface area contributed by atoms with Gasteiger partial charge in [0.2, 0.25) is 5.88 Å². The van der Waals surface area contributed by atoms with Crippen LogP contribution < -0.4 is 10.1 Å². The second-order valence-electron chi connectivity index (χ2n) is 5.03. The van der Waals surface area contributed by atoms with Crippen LogP contribution in [0.1, 0.15) is 22.3 Å². The smallest absolute Gasteiger partial charge is 0.253 e. The van der Waals surface area contributed by atoms with Crippen LogP contribution in [0.15, 0.2) is 42.9 Å². The molecule has 5 nitrogen and oxygen atoms in total. The standard InChI is InChI=1S/C16H17N3O2S/c20-16(19-9-12-3-6-17-7-4-12)13-1-2-15(18-10-13)21-14-5-8-22-11-14/h1-4,6-7,10,14H,5,8-9,11H2,(H,19,20). The average Bonchev–Trinajstić information content (AvgIpc) is 3.07. The van der Waals surface area contributed by atoms with E-state index < -0.39 is 0 Å². The monoisotopic (exact) mass is 315 g/mol. The molecule has 0 aromatic carbocycles. The van der Waals surface area contributed by atoms with Gasteiger partial charge in [0, 0.05) is 37.0 Å². The molecule has 1 aliphatic rings. The van der Waals surface area contributed by atoms with Crippen LogP contribution in [0.5, 0.6) is 5.88 Å². The Morgan fingerprint density at radius 2 is 2.18 bits per heavy atom. The summed E-state index contributed by atoms with van der Waals surface area (Å²) in [5.74, 6) is 2.58. The summed E-state index contributed by atoms with van der Waals surface area (Å²) in [5, 5.41) is 2.86. The average molecular weight is 315 g/mol. The summed E-state index contributed by atoms with van der Waals surface area (Å²) < 4.78 is 5.77. The number of hydrogen-bond acceptors (Lipinski definition) is 5. The highest BCUT2D eigenvalue weighted by Gasteiger charge is 2.17. The van der Waals surface area contributed by atoms with Gasteiger partial charge in [-0.15, -0.1) is 0 Å². The fraction of sp³-hybridized carbons (Fsp3) is 0.312. The number of hydrogen-bond donors (Lipinski definition) is 1. The van der Waals surface area contributed by atoms with Crippen LogP contribution in [0.25, 0.3) is 0 Å². The quantitative estimate of drug-likeness (QED) is 0.917. The first-order valence-corrected chi connectivity index (χ1v) is 8.34. The van der Waals surface area contributed by atoms with Crippen molar-refractivity contribution in [1.29, 1.82) is 0 Å². The van der Waals surface area contributed by atoms with Crippen molar-refractivity contribution in [3.05, 3.63) is 54.0 Å². The number of nitrogens with one attached hydrogen (secondary N) is 1. The van der Waals surface area contributed by atoms with Gasteiger partial charge < -0.3 is 10.1 Å². The lowest BCUT2D eigenvalue weighted by atomic mass is 10.2. The normalized spacial score (nSPS) is 17.2. The first-order valence-electron chi connectivity index (χ1n) is 7.19. The fourth-order valence-electron chi connectivity index (χ4n) is 2.15. The van der Waals surface area contributed by atoms with Crippen molar-refractivity contribution in [2.24, 2.45) is 0 Å². The van der Waals surface area contributed by atoms with Crippen molar-refractivity contribution in [3.63, 3.8) is 0 Å². The van der Waals surface area contributed by atoms with E-state index in [2.05, 4.69) is 15.3 Å². The number of carbonyl (C=O) groups excluding carboxylic acids is 1. The second kappa shape index (κ2) is 7.26. The van der Waals surface area contributed by atoms with Crippen molar-refractivity contribution in [2.45, 2.75) is 19.1 Å². The van der Waals surface area contributed by atoms with Crippen LogP contribution in [-0.2, 0) is 6.54 Å². The lowest BCUT2D eigenvalue weighted by Gasteiger charge is -2.11. The third-order valence-electron chi connectivity index (χ3n) is 3.38. The minimum atomic E-state index is -0.146. The fourth-order valence-corrected chi connectivity index (χ4v) is 3.24. The molecule has 1 saturated heterocycles. The highest BCUT2D eigenvalue weighted by Crippen LogP contribution is 2.21. The van der Waals surface area contributed by atoms with Gasteiger partial charge >= 0.3 is 0 Å². The van der Waals surface area contributed by atoms with Crippen LogP contribution in [0, 0.1) is 0 Å². The molecule has 22 heavy (non-hydrogen) atoms. The van der Waals surface area contributed by atoms with Gasteiger partial charge in [-0.05, 0) is 35.9 Å². The third kappa shape index (κ3) is 3.98. The van der Waals surface area contributed by atoms with Gasteiger partial charge in [0.25, 0.3) is 5.91 Å². The number of pyridine rings is 2. The molecule has 0 saturated carbocycles. The number of amides is 1. The van der Waals surface area contributed by atoms with Gasteiger partial charge in [-0.25, -0.2) is 4.98 Å². The van der Waals surface area contributed by atoms with Gasteiger partial charge in [0.1, 0.15) is 6.10 Å². The van der Waals surface area contributed by atoms with Crippen molar-refractivity contribution in [1.82, 2.24) is 15.3 Å². The number of nitrogens with zero attached hydrogens (tertiary/aromatic N) is 2. The number of carbonyl (C=O) groups is 1. The Kier molecular flexibility index (Phi) is 4.90. The van der Waals surface area contributed by atoms with E-state index in [-0.39, 0.29) is 12.0 Å². The second-order valence-corrected chi connectivity index (χ2v) is 6.18. The summed E-state index contributed by atoms with van der Waals surface area (Å²) in [4.78, 5) is 20.2. The summed E-state index contributed by atoms with van der Waals surface area (Å²) in [7, 11) is 0. The van der Waals surface area contributed by atoms with Crippen molar-refractivity contribution in [2.75, 3.05) is 11.5 Å². The molecule has 0 bridgehead atoms. The molecule has 6 heteroatoms. The van der Waals surface area contributed by atoms with E-state index in [0.29, 0.717) is 18.0 Å². The molecule has 1 atom stereocenters. The van der Waals surface area contributed by atoms with E-state index in [9.17, 15) is 4.79 Å². The van der Waals surface area contributed by atoms with Gasteiger partial charge in [0.05, 0.1) is 5.56 Å². The van der Waals surface area contributed by atoms with E-state index in [4.69, 9.17) is 4.74 Å². The molecule has 0 aliphatic carbocycles. The number of ether oxygens (including phenoxy) is 1. The topological polar surface area (TPSA) is 64.1 Å². The predicted octanol–water partition coefficient (Wildman–Crippen LogP) is 2.29. The summed E-state index contributed by atoms with van der Waals surface area (Å²) in [6, 6.07) is 7.24.